The van der Waals surface area contributed by atoms with Crippen LogP contribution >= 0.6 is 12.6 Å². The molecule has 0 aliphatic heterocycles. The standard InChI is InChI=1S/C5H12O2S/c1-3-7-5(8)4(2)6/h4-6,8H,3H2,1-2H3. The van der Waals surface area contributed by atoms with Crippen molar-refractivity contribution in [2.75, 3.05) is 6.61 Å². The second-order valence-electron chi connectivity index (χ2n) is 1.59. The topological polar surface area (TPSA) is 29.5 Å². The van der Waals surface area contributed by atoms with Crippen LogP contribution in [0.4, 0.5) is 0 Å². The molecule has 0 heterocycles. The second-order valence-corrected chi connectivity index (χ2v) is 2.10. The van der Waals surface area contributed by atoms with E-state index < -0.39 is 6.10 Å². The van der Waals surface area contributed by atoms with Gasteiger partial charge < -0.3 is 9.84 Å². The molecule has 0 aliphatic rings. The maximum Gasteiger partial charge on any atom is 0.126 e. The molecule has 0 amide bonds. The molecular formula is C5H12O2S. The monoisotopic (exact) mass is 136 g/mol. The van der Waals surface area contributed by atoms with Crippen LogP contribution in [0, 0.1) is 0 Å². The van der Waals surface area contributed by atoms with Gasteiger partial charge >= 0.3 is 0 Å². The van der Waals surface area contributed by atoms with Crippen LogP contribution in [0.5, 0.6) is 0 Å². The van der Waals surface area contributed by atoms with Crippen molar-refractivity contribution in [1.29, 1.82) is 0 Å². The minimum absolute atomic E-state index is 0.333. The lowest BCUT2D eigenvalue weighted by Crippen LogP contribution is -2.19. The molecule has 0 aromatic carbocycles. The first-order chi connectivity index (χ1) is 3.68. The molecule has 0 saturated carbocycles. The number of aliphatic hydroxyl groups is 1. The van der Waals surface area contributed by atoms with Crippen molar-refractivity contribution in [3.8, 4) is 0 Å². The number of hydrogen-bond acceptors (Lipinski definition) is 3. The Kier molecular flexibility index (Phi) is 4.32. The average molecular weight is 136 g/mol. The highest BCUT2D eigenvalue weighted by Crippen LogP contribution is 2.01. The maximum absolute atomic E-state index is 8.75. The van der Waals surface area contributed by atoms with E-state index in [4.69, 9.17) is 9.84 Å². The maximum atomic E-state index is 8.75. The van der Waals surface area contributed by atoms with Crippen LogP contribution in [0.2, 0.25) is 0 Å². The van der Waals surface area contributed by atoms with Crippen molar-refractivity contribution in [3.05, 3.63) is 0 Å². The van der Waals surface area contributed by atoms with Gasteiger partial charge in [-0.3, -0.25) is 0 Å². The van der Waals surface area contributed by atoms with Crippen LogP contribution in [0.3, 0.4) is 0 Å². The predicted molar refractivity (Wildman–Crippen MR) is 36.1 cm³/mol. The summed E-state index contributed by atoms with van der Waals surface area (Å²) in [5.74, 6) is 0. The SMILES string of the molecule is CCOC(S)C(C)O. The highest BCUT2D eigenvalue weighted by atomic mass is 32.1. The third kappa shape index (κ3) is 3.29. The van der Waals surface area contributed by atoms with E-state index in [0.717, 1.165) is 0 Å². The summed E-state index contributed by atoms with van der Waals surface area (Å²) in [5, 5.41) is 8.75. The van der Waals surface area contributed by atoms with Gasteiger partial charge in [-0.05, 0) is 13.8 Å². The first kappa shape index (κ1) is 8.27. The van der Waals surface area contributed by atoms with Gasteiger partial charge in [-0.25, -0.2) is 0 Å². The van der Waals surface area contributed by atoms with E-state index in [0.29, 0.717) is 6.61 Å². The average Bonchev–Trinajstić information content (AvgIpc) is 1.67. The molecule has 0 spiro atoms. The van der Waals surface area contributed by atoms with E-state index in [-0.39, 0.29) is 5.44 Å². The molecule has 2 atom stereocenters. The summed E-state index contributed by atoms with van der Waals surface area (Å²) in [6, 6.07) is 0. The van der Waals surface area contributed by atoms with Crippen molar-refractivity contribution in [2.24, 2.45) is 0 Å². The first-order valence-electron chi connectivity index (χ1n) is 2.66. The lowest BCUT2D eigenvalue weighted by atomic mass is 10.4. The summed E-state index contributed by atoms with van der Waals surface area (Å²) in [4.78, 5) is 0. The summed E-state index contributed by atoms with van der Waals surface area (Å²) in [7, 11) is 0. The minimum Gasteiger partial charge on any atom is -0.390 e. The molecule has 0 aromatic rings. The van der Waals surface area contributed by atoms with Gasteiger partial charge in [-0.15, -0.1) is 12.6 Å². The van der Waals surface area contributed by atoms with Crippen LogP contribution in [0.15, 0.2) is 0 Å². The zero-order valence-electron chi connectivity index (χ0n) is 5.16. The lowest BCUT2D eigenvalue weighted by Gasteiger charge is -2.12. The Labute approximate surface area is 55.3 Å². The third-order valence-electron chi connectivity index (χ3n) is 0.750. The van der Waals surface area contributed by atoms with Gasteiger partial charge in [0.25, 0.3) is 0 Å². The van der Waals surface area contributed by atoms with Crippen molar-refractivity contribution in [2.45, 2.75) is 25.4 Å². The summed E-state index contributed by atoms with van der Waals surface area (Å²) < 4.78 is 4.92. The van der Waals surface area contributed by atoms with Gasteiger partial charge in [-0.2, -0.15) is 0 Å². The Morgan fingerprint density at radius 3 is 2.38 bits per heavy atom. The van der Waals surface area contributed by atoms with E-state index in [2.05, 4.69) is 12.6 Å². The van der Waals surface area contributed by atoms with Crippen molar-refractivity contribution < 1.29 is 9.84 Å². The van der Waals surface area contributed by atoms with Crippen LogP contribution in [0.1, 0.15) is 13.8 Å². The van der Waals surface area contributed by atoms with Crippen molar-refractivity contribution >= 4 is 12.6 Å². The molecule has 1 N–H and O–H groups in total. The molecule has 2 unspecified atom stereocenters. The van der Waals surface area contributed by atoms with Crippen LogP contribution in [-0.2, 0) is 4.74 Å². The smallest absolute Gasteiger partial charge is 0.126 e. The Hall–Kier alpha value is 0.270. The van der Waals surface area contributed by atoms with E-state index in [1.165, 1.54) is 0 Å². The number of rotatable bonds is 3. The number of thiol groups is 1. The summed E-state index contributed by atoms with van der Waals surface area (Å²) >= 11 is 3.93. The van der Waals surface area contributed by atoms with Crippen molar-refractivity contribution in [3.63, 3.8) is 0 Å². The Balaban J connectivity index is 3.17. The molecule has 0 rings (SSSR count). The van der Waals surface area contributed by atoms with E-state index in [1.807, 2.05) is 6.92 Å². The first-order valence-corrected chi connectivity index (χ1v) is 3.17. The second kappa shape index (κ2) is 4.18. The van der Waals surface area contributed by atoms with Crippen LogP contribution in [0.25, 0.3) is 0 Å². The van der Waals surface area contributed by atoms with Gasteiger partial charge in [0.05, 0.1) is 6.10 Å². The Bertz CT molecular complexity index is 56.4. The normalized spacial score (nSPS) is 18.0. The molecule has 0 aliphatic carbocycles. The zero-order valence-corrected chi connectivity index (χ0v) is 6.06. The molecular weight excluding hydrogens is 124 g/mol. The molecule has 3 heteroatoms. The fraction of sp³-hybridized carbons (Fsp3) is 1.00. The van der Waals surface area contributed by atoms with Crippen LogP contribution in [-0.4, -0.2) is 23.3 Å². The molecule has 50 valence electrons. The van der Waals surface area contributed by atoms with Gasteiger partial charge in [-0.1, -0.05) is 0 Å². The highest BCUT2D eigenvalue weighted by Gasteiger charge is 2.06. The Morgan fingerprint density at radius 1 is 1.75 bits per heavy atom. The minimum atomic E-state index is -0.488. The zero-order chi connectivity index (χ0) is 6.57. The Morgan fingerprint density at radius 2 is 2.25 bits per heavy atom. The molecule has 0 saturated heterocycles. The van der Waals surface area contributed by atoms with E-state index >= 15 is 0 Å². The summed E-state index contributed by atoms with van der Waals surface area (Å²) in [5.41, 5.74) is -0.333. The largest absolute Gasteiger partial charge is 0.390 e. The molecule has 8 heavy (non-hydrogen) atoms. The molecule has 0 fully saturated rings. The van der Waals surface area contributed by atoms with Gasteiger partial charge in [0, 0.05) is 6.61 Å². The highest BCUT2D eigenvalue weighted by molar-refractivity contribution is 7.80. The third-order valence-corrected chi connectivity index (χ3v) is 1.33. The number of hydrogen-bond donors (Lipinski definition) is 2. The number of aliphatic hydroxyl groups excluding tert-OH is 1. The van der Waals surface area contributed by atoms with Crippen LogP contribution < -0.4 is 0 Å². The van der Waals surface area contributed by atoms with Gasteiger partial charge in [0.15, 0.2) is 0 Å². The molecule has 0 aromatic heterocycles. The number of ether oxygens (including phenoxy) is 1. The molecule has 2 nitrogen and oxygen atoms in total. The molecule has 0 radical (unpaired) electrons. The van der Waals surface area contributed by atoms with E-state index in [9.17, 15) is 0 Å². The summed E-state index contributed by atoms with van der Waals surface area (Å²) in [6.07, 6.45) is -0.488. The van der Waals surface area contributed by atoms with Crippen molar-refractivity contribution in [1.82, 2.24) is 0 Å². The summed E-state index contributed by atoms with van der Waals surface area (Å²) in [6.45, 7) is 4.11. The molecule has 0 bridgehead atoms. The quantitative estimate of drug-likeness (QED) is 0.441. The fourth-order valence-corrected chi connectivity index (χ4v) is 0.459. The fourth-order valence-electron chi connectivity index (χ4n) is 0.310. The van der Waals surface area contributed by atoms with Gasteiger partial charge in [0.1, 0.15) is 5.44 Å². The van der Waals surface area contributed by atoms with Gasteiger partial charge in [0.2, 0.25) is 0 Å². The lowest BCUT2D eigenvalue weighted by molar-refractivity contribution is 0.0308. The van der Waals surface area contributed by atoms with E-state index in [1.54, 1.807) is 6.92 Å². The predicted octanol–water partition coefficient (Wildman–Crippen LogP) is 0.660.